The first-order valence-corrected chi connectivity index (χ1v) is 7.20. The fourth-order valence-corrected chi connectivity index (χ4v) is 2.63. The Hall–Kier alpha value is -2.41. The van der Waals surface area contributed by atoms with Crippen LogP contribution in [0.3, 0.4) is 0 Å². The van der Waals surface area contributed by atoms with Crippen LogP contribution < -0.4 is 4.74 Å². The zero-order valence-electron chi connectivity index (χ0n) is 11.9. The van der Waals surface area contributed by atoms with Crippen LogP contribution in [-0.2, 0) is 4.74 Å². The third kappa shape index (κ3) is 2.43. The van der Waals surface area contributed by atoms with Gasteiger partial charge in [-0.15, -0.1) is 0 Å². The van der Waals surface area contributed by atoms with E-state index in [2.05, 4.69) is 26.0 Å². The zero-order valence-corrected chi connectivity index (χ0v) is 13.5. The van der Waals surface area contributed by atoms with E-state index in [1.54, 1.807) is 30.1 Å². The predicted octanol–water partition coefficient (Wildman–Crippen LogP) is 2.98. The van der Waals surface area contributed by atoms with Crippen molar-refractivity contribution < 1.29 is 14.3 Å². The summed E-state index contributed by atoms with van der Waals surface area (Å²) in [5, 5.41) is 4.98. The molecule has 7 heteroatoms. The average molecular weight is 362 g/mol. The van der Waals surface area contributed by atoms with E-state index in [1.165, 1.54) is 7.11 Å². The van der Waals surface area contributed by atoms with E-state index in [9.17, 15) is 4.79 Å². The number of benzene rings is 1. The van der Waals surface area contributed by atoms with E-state index < -0.39 is 5.97 Å². The topological polar surface area (TPSA) is 66.2 Å². The molecule has 0 amide bonds. The van der Waals surface area contributed by atoms with Crippen molar-refractivity contribution in [2.75, 3.05) is 14.2 Å². The summed E-state index contributed by atoms with van der Waals surface area (Å²) in [7, 11) is 2.91. The largest absolute Gasteiger partial charge is 0.497 e. The number of carbonyl (C=O) groups excluding carboxylic acids is 1. The lowest BCUT2D eigenvalue weighted by Gasteiger charge is -2.06. The molecule has 0 aliphatic carbocycles. The number of rotatable bonds is 3. The number of hydrogen-bond donors (Lipinski definition) is 0. The molecule has 0 aliphatic rings. The van der Waals surface area contributed by atoms with Gasteiger partial charge in [0.1, 0.15) is 5.75 Å². The highest BCUT2D eigenvalue weighted by molar-refractivity contribution is 9.10. The summed E-state index contributed by atoms with van der Waals surface area (Å²) in [6.07, 6.45) is 1.65. The van der Waals surface area contributed by atoms with Crippen LogP contribution in [0, 0.1) is 0 Å². The number of ether oxygens (including phenoxy) is 2. The minimum atomic E-state index is -0.501. The number of aromatic nitrogens is 3. The third-order valence-electron chi connectivity index (χ3n) is 3.16. The summed E-state index contributed by atoms with van der Waals surface area (Å²) >= 11 is 3.43. The number of esters is 1. The van der Waals surface area contributed by atoms with Crippen LogP contribution in [0.5, 0.6) is 5.75 Å². The molecule has 0 saturated carbocycles. The summed E-state index contributed by atoms with van der Waals surface area (Å²) in [6, 6.07) is 9.05. The molecule has 0 fully saturated rings. The Bertz CT molecular complexity index is 860. The second kappa shape index (κ2) is 5.76. The quantitative estimate of drug-likeness (QED) is 0.671. The first-order valence-electron chi connectivity index (χ1n) is 6.41. The van der Waals surface area contributed by atoms with Gasteiger partial charge in [0, 0.05) is 16.7 Å². The molecule has 1 aromatic carbocycles. The number of fused-ring (bicyclic) bond motifs is 1. The van der Waals surface area contributed by atoms with Gasteiger partial charge in [-0.2, -0.15) is 5.10 Å². The molecule has 22 heavy (non-hydrogen) atoms. The van der Waals surface area contributed by atoms with Crippen LogP contribution in [0.4, 0.5) is 0 Å². The lowest BCUT2D eigenvalue weighted by atomic mass is 10.2. The van der Waals surface area contributed by atoms with Gasteiger partial charge >= 0.3 is 5.97 Å². The van der Waals surface area contributed by atoms with Gasteiger partial charge < -0.3 is 9.47 Å². The van der Waals surface area contributed by atoms with Crippen LogP contribution in [-0.4, -0.2) is 35.0 Å². The highest BCUT2D eigenvalue weighted by Crippen LogP contribution is 2.27. The lowest BCUT2D eigenvalue weighted by molar-refractivity contribution is 0.0595. The van der Waals surface area contributed by atoms with Gasteiger partial charge in [0.2, 0.25) is 0 Å². The molecular weight excluding hydrogens is 350 g/mol. The third-order valence-corrected chi connectivity index (χ3v) is 3.62. The van der Waals surface area contributed by atoms with Gasteiger partial charge in [0.15, 0.2) is 11.3 Å². The van der Waals surface area contributed by atoms with Crippen molar-refractivity contribution in [3.63, 3.8) is 0 Å². The Labute approximate surface area is 134 Å². The fraction of sp³-hybridized carbons (Fsp3) is 0.133. The van der Waals surface area contributed by atoms with E-state index in [0.29, 0.717) is 16.8 Å². The van der Waals surface area contributed by atoms with Gasteiger partial charge in [-0.05, 0) is 24.3 Å². The van der Waals surface area contributed by atoms with Crippen molar-refractivity contribution in [1.29, 1.82) is 0 Å². The van der Waals surface area contributed by atoms with E-state index >= 15 is 0 Å². The van der Waals surface area contributed by atoms with Gasteiger partial charge in [-0.25, -0.2) is 14.5 Å². The number of halogens is 1. The maximum absolute atomic E-state index is 11.9. The number of carbonyl (C=O) groups is 1. The first-order chi connectivity index (χ1) is 10.6. The van der Waals surface area contributed by atoms with Crippen molar-refractivity contribution >= 4 is 32.9 Å². The molecule has 6 nitrogen and oxygen atoms in total. The van der Waals surface area contributed by atoms with Gasteiger partial charge in [-0.3, -0.25) is 0 Å². The second-order valence-electron chi connectivity index (χ2n) is 4.48. The number of nitrogens with zero attached hydrogens (tertiary/aromatic N) is 3. The first kappa shape index (κ1) is 14.5. The Morgan fingerprint density at radius 2 is 2.09 bits per heavy atom. The molecular formula is C15H12BrN3O3. The molecule has 2 aromatic heterocycles. The molecule has 0 radical (unpaired) electrons. The number of hydrogen-bond acceptors (Lipinski definition) is 5. The number of pyridine rings is 1. The lowest BCUT2D eigenvalue weighted by Crippen LogP contribution is -2.04. The maximum Gasteiger partial charge on any atom is 0.359 e. The van der Waals surface area contributed by atoms with Gasteiger partial charge in [-0.1, -0.05) is 15.9 Å². The molecule has 0 atom stereocenters. The molecule has 0 bridgehead atoms. The van der Waals surface area contributed by atoms with Crippen molar-refractivity contribution in [2.45, 2.75) is 0 Å². The zero-order chi connectivity index (χ0) is 15.7. The molecule has 0 saturated heterocycles. The van der Waals surface area contributed by atoms with Crippen LogP contribution in [0.15, 0.2) is 41.0 Å². The monoisotopic (exact) mass is 361 g/mol. The van der Waals surface area contributed by atoms with E-state index in [0.717, 1.165) is 10.2 Å². The standard InChI is InChI=1S/C15H12BrN3O3/c1-21-11-7-9(16)6-10(8-11)19-14-12(4-3-5-17-14)13(18-19)15(20)22-2/h3-8H,1-2H3. The van der Waals surface area contributed by atoms with Crippen LogP contribution in [0.1, 0.15) is 10.5 Å². The van der Waals surface area contributed by atoms with Gasteiger partial charge in [0.05, 0.1) is 25.3 Å². The normalized spacial score (nSPS) is 10.7. The summed E-state index contributed by atoms with van der Waals surface area (Å²) in [5.41, 5.74) is 1.53. The Kier molecular flexibility index (Phi) is 3.81. The van der Waals surface area contributed by atoms with E-state index in [4.69, 9.17) is 9.47 Å². The highest BCUT2D eigenvalue weighted by atomic mass is 79.9. The summed E-state index contributed by atoms with van der Waals surface area (Å²) in [5.74, 6) is 0.169. The Morgan fingerprint density at radius 1 is 1.27 bits per heavy atom. The van der Waals surface area contributed by atoms with Crippen LogP contribution in [0.2, 0.25) is 0 Å². The minimum Gasteiger partial charge on any atom is -0.497 e. The molecule has 112 valence electrons. The summed E-state index contributed by atoms with van der Waals surface area (Å²) in [6.45, 7) is 0. The molecule has 0 unspecified atom stereocenters. The molecule has 0 aliphatic heterocycles. The second-order valence-corrected chi connectivity index (χ2v) is 5.39. The Balaban J connectivity index is 2.27. The minimum absolute atomic E-state index is 0.226. The summed E-state index contributed by atoms with van der Waals surface area (Å²) < 4.78 is 12.5. The summed E-state index contributed by atoms with van der Waals surface area (Å²) in [4.78, 5) is 16.2. The fourth-order valence-electron chi connectivity index (χ4n) is 2.17. The van der Waals surface area contributed by atoms with Crippen LogP contribution in [0.25, 0.3) is 16.7 Å². The smallest absolute Gasteiger partial charge is 0.359 e. The average Bonchev–Trinajstić information content (AvgIpc) is 2.93. The molecule has 3 rings (SSSR count). The van der Waals surface area contributed by atoms with Crippen molar-refractivity contribution in [2.24, 2.45) is 0 Å². The SMILES string of the molecule is COC(=O)c1nn(-c2cc(Br)cc(OC)c2)c2ncccc12. The van der Waals surface area contributed by atoms with E-state index in [1.807, 2.05) is 18.2 Å². The molecule has 0 N–H and O–H groups in total. The number of methoxy groups -OCH3 is 2. The van der Waals surface area contributed by atoms with Crippen molar-refractivity contribution in [3.8, 4) is 11.4 Å². The van der Waals surface area contributed by atoms with Crippen molar-refractivity contribution in [1.82, 2.24) is 14.8 Å². The predicted molar refractivity (Wildman–Crippen MR) is 84.5 cm³/mol. The van der Waals surface area contributed by atoms with Crippen LogP contribution >= 0.6 is 15.9 Å². The highest BCUT2D eigenvalue weighted by Gasteiger charge is 2.19. The Morgan fingerprint density at radius 3 is 2.82 bits per heavy atom. The van der Waals surface area contributed by atoms with E-state index in [-0.39, 0.29) is 5.69 Å². The molecule has 3 aromatic rings. The van der Waals surface area contributed by atoms with Gasteiger partial charge in [0.25, 0.3) is 0 Å². The molecule has 2 heterocycles. The maximum atomic E-state index is 11.9. The van der Waals surface area contributed by atoms with Crippen molar-refractivity contribution in [3.05, 3.63) is 46.7 Å². The molecule has 0 spiro atoms.